The van der Waals surface area contributed by atoms with Crippen molar-refractivity contribution in [3.63, 3.8) is 0 Å². The van der Waals surface area contributed by atoms with Gasteiger partial charge in [-0.05, 0) is 39.2 Å². The van der Waals surface area contributed by atoms with Crippen LogP contribution in [-0.2, 0) is 0 Å². The second-order valence-corrected chi connectivity index (χ2v) is 5.48. The van der Waals surface area contributed by atoms with Crippen molar-refractivity contribution in [3.05, 3.63) is 34.9 Å². The van der Waals surface area contributed by atoms with Crippen molar-refractivity contribution in [2.45, 2.75) is 60.0 Å². The highest BCUT2D eigenvalue weighted by atomic mass is 14.9. The van der Waals surface area contributed by atoms with Gasteiger partial charge in [0.15, 0.2) is 0 Å². The van der Waals surface area contributed by atoms with Gasteiger partial charge in [-0.25, -0.2) is 0 Å². The van der Waals surface area contributed by atoms with E-state index in [0.717, 1.165) is 5.92 Å². The van der Waals surface area contributed by atoms with Crippen molar-refractivity contribution >= 4 is 0 Å². The molecule has 0 amide bonds. The van der Waals surface area contributed by atoms with E-state index in [9.17, 15) is 0 Å². The van der Waals surface area contributed by atoms with E-state index in [1.54, 1.807) is 0 Å². The molecule has 0 bridgehead atoms. The maximum Gasteiger partial charge on any atom is 0.0294 e. The largest absolute Gasteiger partial charge is 0.307 e. The summed E-state index contributed by atoms with van der Waals surface area (Å²) in [6.45, 7) is 13.4. The van der Waals surface area contributed by atoms with Gasteiger partial charge >= 0.3 is 0 Å². The molecule has 0 fully saturated rings. The fourth-order valence-electron chi connectivity index (χ4n) is 2.27. The lowest BCUT2D eigenvalue weighted by Gasteiger charge is -2.25. The van der Waals surface area contributed by atoms with E-state index in [1.807, 2.05) is 0 Å². The molecule has 1 rings (SSSR count). The Hall–Kier alpha value is -0.820. The molecule has 0 radical (unpaired) electrons. The Bertz CT molecular complexity index is 336. The zero-order valence-electron chi connectivity index (χ0n) is 12.2. The van der Waals surface area contributed by atoms with Crippen LogP contribution in [0.4, 0.5) is 0 Å². The van der Waals surface area contributed by atoms with E-state index >= 15 is 0 Å². The van der Waals surface area contributed by atoms with Crippen LogP contribution in [0, 0.1) is 19.8 Å². The molecule has 1 heteroatoms. The quantitative estimate of drug-likeness (QED) is 0.795. The molecule has 96 valence electrons. The zero-order chi connectivity index (χ0) is 13.0. The predicted octanol–water partition coefficient (Wildman–Crippen LogP) is 4.39. The number of benzene rings is 1. The molecule has 0 saturated carbocycles. The van der Waals surface area contributed by atoms with Crippen LogP contribution in [0.5, 0.6) is 0 Å². The maximum absolute atomic E-state index is 3.70. The first-order valence-corrected chi connectivity index (χ1v) is 6.78. The second-order valence-electron chi connectivity index (χ2n) is 5.48. The summed E-state index contributed by atoms with van der Waals surface area (Å²) in [7, 11) is 0. The van der Waals surface area contributed by atoms with Crippen LogP contribution in [0.2, 0.25) is 0 Å². The Morgan fingerprint density at radius 2 is 1.53 bits per heavy atom. The monoisotopic (exact) mass is 233 g/mol. The summed E-state index contributed by atoms with van der Waals surface area (Å²) in [5.41, 5.74) is 4.10. The summed E-state index contributed by atoms with van der Waals surface area (Å²) in [6, 6.07) is 7.80. The molecule has 0 aliphatic carbocycles. The molecule has 1 nitrogen and oxygen atoms in total. The molecule has 1 aromatic rings. The van der Waals surface area contributed by atoms with E-state index in [1.165, 1.54) is 23.1 Å². The molecule has 1 N–H and O–H groups in total. The van der Waals surface area contributed by atoms with Crippen LogP contribution in [0.25, 0.3) is 0 Å². The lowest BCUT2D eigenvalue weighted by Crippen LogP contribution is -2.34. The molecule has 17 heavy (non-hydrogen) atoms. The van der Waals surface area contributed by atoms with Crippen molar-refractivity contribution in [2.75, 3.05) is 0 Å². The molecule has 0 spiro atoms. The first kappa shape index (κ1) is 14.2. The summed E-state index contributed by atoms with van der Waals surface area (Å²) < 4.78 is 0. The van der Waals surface area contributed by atoms with Gasteiger partial charge in [-0.2, -0.15) is 0 Å². The molecule has 0 aromatic heterocycles. The summed E-state index contributed by atoms with van der Waals surface area (Å²) in [6.07, 6.45) is 1.23. The van der Waals surface area contributed by atoms with E-state index in [2.05, 4.69) is 65.1 Å². The third-order valence-corrected chi connectivity index (χ3v) is 3.75. The zero-order valence-corrected chi connectivity index (χ0v) is 12.2. The van der Waals surface area contributed by atoms with Gasteiger partial charge in [0.2, 0.25) is 0 Å². The average molecular weight is 233 g/mol. The minimum atomic E-state index is 0.428. The molecule has 0 aliphatic rings. The molecule has 0 aliphatic heterocycles. The highest BCUT2D eigenvalue weighted by Gasteiger charge is 2.14. The van der Waals surface area contributed by atoms with E-state index in [-0.39, 0.29) is 0 Å². The molecule has 3 unspecified atom stereocenters. The molecule has 3 atom stereocenters. The Kier molecular flexibility index (Phi) is 5.20. The normalized spacial score (nSPS) is 16.6. The highest BCUT2D eigenvalue weighted by Crippen LogP contribution is 2.19. The van der Waals surface area contributed by atoms with Crippen molar-refractivity contribution in [1.29, 1.82) is 0 Å². The molecule has 0 heterocycles. The van der Waals surface area contributed by atoms with Gasteiger partial charge in [-0.15, -0.1) is 0 Å². The minimum absolute atomic E-state index is 0.428. The van der Waals surface area contributed by atoms with Gasteiger partial charge in [0.1, 0.15) is 0 Å². The van der Waals surface area contributed by atoms with Gasteiger partial charge < -0.3 is 5.32 Å². The minimum Gasteiger partial charge on any atom is -0.307 e. The first-order chi connectivity index (χ1) is 7.93. The summed E-state index contributed by atoms with van der Waals surface area (Å²) >= 11 is 0. The second kappa shape index (κ2) is 6.20. The van der Waals surface area contributed by atoms with Crippen LogP contribution in [0.3, 0.4) is 0 Å². The molecule has 1 aromatic carbocycles. The molecule has 0 saturated heterocycles. The molecular weight excluding hydrogens is 206 g/mol. The topological polar surface area (TPSA) is 12.0 Å². The number of nitrogens with one attached hydrogen (secondary N) is 1. The third kappa shape index (κ3) is 4.16. The Morgan fingerprint density at radius 1 is 1.00 bits per heavy atom. The average Bonchev–Trinajstić information content (AvgIpc) is 2.26. The Balaban J connectivity index is 2.72. The standard InChI is InChI=1S/C16H27N/c1-7-13(4)14(5)17-15(6)16-9-11(2)8-12(3)10-16/h8-10,13-15,17H,7H2,1-6H3. The number of hydrogen-bond donors (Lipinski definition) is 1. The predicted molar refractivity (Wildman–Crippen MR) is 76.4 cm³/mol. The maximum atomic E-state index is 3.70. The van der Waals surface area contributed by atoms with Crippen molar-refractivity contribution in [3.8, 4) is 0 Å². The number of rotatable bonds is 5. The Morgan fingerprint density at radius 3 is 2.00 bits per heavy atom. The highest BCUT2D eigenvalue weighted by molar-refractivity contribution is 5.30. The molecular formula is C16H27N. The van der Waals surface area contributed by atoms with Gasteiger partial charge in [0.05, 0.1) is 0 Å². The SMILES string of the molecule is CCC(C)C(C)NC(C)c1cc(C)cc(C)c1. The first-order valence-electron chi connectivity index (χ1n) is 6.78. The summed E-state index contributed by atoms with van der Waals surface area (Å²) in [4.78, 5) is 0. The van der Waals surface area contributed by atoms with Crippen molar-refractivity contribution < 1.29 is 0 Å². The van der Waals surface area contributed by atoms with Gasteiger partial charge in [-0.1, -0.05) is 49.6 Å². The third-order valence-electron chi connectivity index (χ3n) is 3.75. The lowest BCUT2D eigenvalue weighted by atomic mass is 9.97. The van der Waals surface area contributed by atoms with Crippen molar-refractivity contribution in [1.82, 2.24) is 5.32 Å². The van der Waals surface area contributed by atoms with Gasteiger partial charge in [-0.3, -0.25) is 0 Å². The number of aryl methyl sites for hydroxylation is 2. The van der Waals surface area contributed by atoms with E-state index in [0.29, 0.717) is 12.1 Å². The lowest BCUT2D eigenvalue weighted by molar-refractivity contribution is 0.360. The number of hydrogen-bond acceptors (Lipinski definition) is 1. The van der Waals surface area contributed by atoms with Crippen LogP contribution in [0.15, 0.2) is 18.2 Å². The van der Waals surface area contributed by atoms with E-state index < -0.39 is 0 Å². The fourth-order valence-corrected chi connectivity index (χ4v) is 2.27. The smallest absolute Gasteiger partial charge is 0.0294 e. The van der Waals surface area contributed by atoms with Crippen LogP contribution in [-0.4, -0.2) is 6.04 Å². The van der Waals surface area contributed by atoms with Crippen LogP contribution < -0.4 is 5.32 Å². The summed E-state index contributed by atoms with van der Waals surface area (Å²) in [5.74, 6) is 0.725. The van der Waals surface area contributed by atoms with Crippen LogP contribution >= 0.6 is 0 Å². The van der Waals surface area contributed by atoms with Crippen LogP contribution in [0.1, 0.15) is 56.8 Å². The van der Waals surface area contributed by atoms with Gasteiger partial charge in [0.25, 0.3) is 0 Å². The summed E-state index contributed by atoms with van der Waals surface area (Å²) in [5, 5.41) is 3.70. The van der Waals surface area contributed by atoms with Gasteiger partial charge in [0, 0.05) is 12.1 Å². The van der Waals surface area contributed by atoms with E-state index in [4.69, 9.17) is 0 Å². The van der Waals surface area contributed by atoms with Crippen molar-refractivity contribution in [2.24, 2.45) is 5.92 Å². The fraction of sp³-hybridized carbons (Fsp3) is 0.625. The Labute approximate surface area is 107 Å².